The summed E-state index contributed by atoms with van der Waals surface area (Å²) in [4.78, 5) is 0. The first kappa shape index (κ1) is 14.6. The summed E-state index contributed by atoms with van der Waals surface area (Å²) < 4.78 is 5.50. The number of unbranched alkanes of at least 4 members (excludes halogenated alkanes) is 1. The van der Waals surface area contributed by atoms with Gasteiger partial charge in [-0.15, -0.1) is 12.3 Å². The smallest absolute Gasteiger partial charge is 0.119 e. The molecule has 0 spiro atoms. The molecule has 1 unspecified atom stereocenters. The molecular weight excluding hydrogens is 226 g/mol. The maximum atomic E-state index is 9.71. The molecule has 0 amide bonds. The molecule has 1 atom stereocenters. The van der Waals surface area contributed by atoms with Crippen molar-refractivity contribution in [2.45, 2.75) is 25.9 Å². The van der Waals surface area contributed by atoms with Crippen LogP contribution in [-0.2, 0) is 0 Å². The quantitative estimate of drug-likeness (QED) is 0.543. The number of aliphatic hydroxyl groups excluding tert-OH is 1. The Bertz CT molecular complexity index is 384. The lowest BCUT2D eigenvalue weighted by Crippen LogP contribution is -2.31. The number of hydrogen-bond acceptors (Lipinski definition) is 3. The SMILES string of the molecule is C#CCCCNCC(O)COc1cccc(C)c1. The first-order valence-electron chi connectivity index (χ1n) is 6.24. The van der Waals surface area contributed by atoms with Crippen molar-refractivity contribution >= 4 is 0 Å². The minimum Gasteiger partial charge on any atom is -0.491 e. The number of ether oxygens (including phenoxy) is 1. The third kappa shape index (κ3) is 6.29. The molecule has 2 N–H and O–H groups in total. The average molecular weight is 247 g/mol. The third-order valence-corrected chi connectivity index (χ3v) is 2.49. The van der Waals surface area contributed by atoms with Crippen LogP contribution in [0.3, 0.4) is 0 Å². The minimum atomic E-state index is -0.503. The number of benzene rings is 1. The molecule has 0 aliphatic carbocycles. The zero-order chi connectivity index (χ0) is 13.2. The maximum absolute atomic E-state index is 9.71. The van der Waals surface area contributed by atoms with Crippen molar-refractivity contribution in [3.63, 3.8) is 0 Å². The Morgan fingerprint density at radius 2 is 2.33 bits per heavy atom. The van der Waals surface area contributed by atoms with E-state index in [2.05, 4.69) is 11.2 Å². The van der Waals surface area contributed by atoms with E-state index in [1.165, 1.54) is 0 Å². The maximum Gasteiger partial charge on any atom is 0.119 e. The summed E-state index contributed by atoms with van der Waals surface area (Å²) in [5.41, 5.74) is 1.15. The molecule has 0 aliphatic rings. The van der Waals surface area contributed by atoms with Crippen molar-refractivity contribution in [1.29, 1.82) is 0 Å². The van der Waals surface area contributed by atoms with Crippen molar-refractivity contribution in [3.05, 3.63) is 29.8 Å². The van der Waals surface area contributed by atoms with Crippen molar-refractivity contribution < 1.29 is 9.84 Å². The van der Waals surface area contributed by atoms with E-state index >= 15 is 0 Å². The van der Waals surface area contributed by atoms with Gasteiger partial charge < -0.3 is 15.2 Å². The third-order valence-electron chi connectivity index (χ3n) is 2.49. The molecule has 3 nitrogen and oxygen atoms in total. The van der Waals surface area contributed by atoms with Gasteiger partial charge in [-0.05, 0) is 37.6 Å². The van der Waals surface area contributed by atoms with E-state index in [4.69, 9.17) is 11.2 Å². The Kier molecular flexibility index (Phi) is 6.93. The van der Waals surface area contributed by atoms with E-state index in [0.29, 0.717) is 13.2 Å². The highest BCUT2D eigenvalue weighted by molar-refractivity contribution is 5.27. The Labute approximate surface area is 109 Å². The number of rotatable bonds is 8. The monoisotopic (exact) mass is 247 g/mol. The molecule has 1 aromatic rings. The van der Waals surface area contributed by atoms with E-state index in [9.17, 15) is 5.11 Å². The van der Waals surface area contributed by atoms with Crippen LogP contribution in [0, 0.1) is 19.3 Å². The van der Waals surface area contributed by atoms with Crippen LogP contribution >= 0.6 is 0 Å². The molecule has 0 fully saturated rings. The first-order chi connectivity index (χ1) is 8.72. The lowest BCUT2D eigenvalue weighted by molar-refractivity contribution is 0.106. The summed E-state index contributed by atoms with van der Waals surface area (Å²) >= 11 is 0. The van der Waals surface area contributed by atoms with Crippen LogP contribution in [0.15, 0.2) is 24.3 Å². The molecule has 18 heavy (non-hydrogen) atoms. The van der Waals surface area contributed by atoms with Crippen molar-refractivity contribution in [3.8, 4) is 18.1 Å². The predicted molar refractivity (Wildman–Crippen MR) is 73.6 cm³/mol. The van der Waals surface area contributed by atoms with Crippen LogP contribution in [-0.4, -0.2) is 30.9 Å². The van der Waals surface area contributed by atoms with Crippen LogP contribution in [0.4, 0.5) is 0 Å². The Morgan fingerprint density at radius 3 is 3.06 bits per heavy atom. The van der Waals surface area contributed by atoms with Gasteiger partial charge >= 0.3 is 0 Å². The molecule has 0 aromatic heterocycles. The largest absolute Gasteiger partial charge is 0.491 e. The number of aliphatic hydroxyl groups is 1. The highest BCUT2D eigenvalue weighted by Crippen LogP contribution is 2.12. The Morgan fingerprint density at radius 1 is 1.50 bits per heavy atom. The molecule has 1 aromatic carbocycles. The van der Waals surface area contributed by atoms with Gasteiger partial charge in [-0.25, -0.2) is 0 Å². The summed E-state index contributed by atoms with van der Waals surface area (Å²) in [5.74, 6) is 3.37. The summed E-state index contributed by atoms with van der Waals surface area (Å²) in [6.45, 7) is 3.66. The van der Waals surface area contributed by atoms with E-state index < -0.39 is 6.10 Å². The highest BCUT2D eigenvalue weighted by Gasteiger charge is 2.04. The molecule has 0 saturated carbocycles. The number of hydrogen-bond donors (Lipinski definition) is 2. The van der Waals surface area contributed by atoms with Gasteiger partial charge in [0, 0.05) is 13.0 Å². The minimum absolute atomic E-state index is 0.297. The summed E-state index contributed by atoms with van der Waals surface area (Å²) in [6.07, 6.45) is 6.34. The molecule has 0 heterocycles. The van der Waals surface area contributed by atoms with E-state index in [1.807, 2.05) is 31.2 Å². The van der Waals surface area contributed by atoms with Gasteiger partial charge in [0.1, 0.15) is 18.5 Å². The number of terminal acetylenes is 1. The zero-order valence-electron chi connectivity index (χ0n) is 10.9. The molecule has 3 heteroatoms. The Hall–Kier alpha value is -1.50. The molecule has 0 radical (unpaired) electrons. The van der Waals surface area contributed by atoms with Gasteiger partial charge in [0.15, 0.2) is 0 Å². The topological polar surface area (TPSA) is 41.5 Å². The first-order valence-corrected chi connectivity index (χ1v) is 6.24. The molecular formula is C15H21NO2. The average Bonchev–Trinajstić information content (AvgIpc) is 2.36. The second-order valence-corrected chi connectivity index (χ2v) is 4.29. The van der Waals surface area contributed by atoms with Gasteiger partial charge in [0.2, 0.25) is 0 Å². The van der Waals surface area contributed by atoms with Gasteiger partial charge in [0.25, 0.3) is 0 Å². The second kappa shape index (κ2) is 8.57. The lowest BCUT2D eigenvalue weighted by Gasteiger charge is -2.13. The zero-order valence-corrected chi connectivity index (χ0v) is 10.9. The van der Waals surface area contributed by atoms with Crippen LogP contribution in [0.5, 0.6) is 5.75 Å². The van der Waals surface area contributed by atoms with Crippen LogP contribution in [0.1, 0.15) is 18.4 Å². The number of aryl methyl sites for hydroxylation is 1. The molecule has 0 bridgehead atoms. The summed E-state index contributed by atoms with van der Waals surface area (Å²) in [7, 11) is 0. The van der Waals surface area contributed by atoms with Crippen LogP contribution in [0.2, 0.25) is 0 Å². The fourth-order valence-electron chi connectivity index (χ4n) is 1.54. The molecule has 1 rings (SSSR count). The van der Waals surface area contributed by atoms with E-state index in [-0.39, 0.29) is 0 Å². The summed E-state index contributed by atoms with van der Waals surface area (Å²) in [5, 5.41) is 12.9. The van der Waals surface area contributed by atoms with Crippen molar-refractivity contribution in [2.75, 3.05) is 19.7 Å². The van der Waals surface area contributed by atoms with Crippen LogP contribution < -0.4 is 10.1 Å². The van der Waals surface area contributed by atoms with Crippen molar-refractivity contribution in [1.82, 2.24) is 5.32 Å². The van der Waals surface area contributed by atoms with Crippen molar-refractivity contribution in [2.24, 2.45) is 0 Å². The molecule has 98 valence electrons. The fraction of sp³-hybridized carbons (Fsp3) is 0.467. The summed E-state index contributed by atoms with van der Waals surface area (Å²) in [6, 6.07) is 7.79. The van der Waals surface area contributed by atoms with E-state index in [1.54, 1.807) is 0 Å². The highest BCUT2D eigenvalue weighted by atomic mass is 16.5. The van der Waals surface area contributed by atoms with Crippen LogP contribution in [0.25, 0.3) is 0 Å². The number of nitrogens with one attached hydrogen (secondary N) is 1. The molecule has 0 aliphatic heterocycles. The predicted octanol–water partition coefficient (Wildman–Crippen LogP) is 1.74. The fourth-order valence-corrected chi connectivity index (χ4v) is 1.54. The van der Waals surface area contributed by atoms with Gasteiger partial charge in [-0.1, -0.05) is 12.1 Å². The van der Waals surface area contributed by atoms with Gasteiger partial charge in [-0.2, -0.15) is 0 Å². The second-order valence-electron chi connectivity index (χ2n) is 4.29. The van der Waals surface area contributed by atoms with Gasteiger partial charge in [-0.3, -0.25) is 0 Å². The van der Waals surface area contributed by atoms with Gasteiger partial charge in [0.05, 0.1) is 0 Å². The standard InChI is InChI=1S/C15H21NO2/c1-3-4-5-9-16-11-14(17)12-18-15-8-6-7-13(2)10-15/h1,6-8,10,14,16-17H,4-5,9,11-12H2,2H3. The molecule has 0 saturated heterocycles. The Balaban J connectivity index is 2.13. The normalized spacial score (nSPS) is 11.8. The lowest BCUT2D eigenvalue weighted by atomic mass is 10.2. The van der Waals surface area contributed by atoms with E-state index in [0.717, 1.165) is 30.7 Å².